The van der Waals surface area contributed by atoms with Gasteiger partial charge in [-0.25, -0.2) is 0 Å². The summed E-state index contributed by atoms with van der Waals surface area (Å²) in [5, 5.41) is 22.1. The minimum Gasteiger partial charge on any atom is -0.450 e. The van der Waals surface area contributed by atoms with Gasteiger partial charge in [-0.2, -0.15) is 0 Å². The van der Waals surface area contributed by atoms with Crippen LogP contribution >= 0.6 is 11.8 Å². The Morgan fingerprint density at radius 2 is 1.71 bits per heavy atom. The zero-order chi connectivity index (χ0) is 27.7. The summed E-state index contributed by atoms with van der Waals surface area (Å²) in [5.41, 5.74) is 2.44. The SMILES string of the molecule is CC[C@@H](C)N1C(=O)S/C(=C/c2cc(C)n(-c3ccc(Oc4ccc([N+](=O)[O-])cc4[N+](=O)[O-])cc3)c2C)C1=O. The Morgan fingerprint density at radius 3 is 2.32 bits per heavy atom. The first-order chi connectivity index (χ1) is 18.0. The molecule has 1 saturated heterocycles. The summed E-state index contributed by atoms with van der Waals surface area (Å²) in [6.07, 6.45) is 2.41. The highest BCUT2D eigenvalue weighted by atomic mass is 32.2. The first kappa shape index (κ1) is 26.6. The molecule has 0 radical (unpaired) electrons. The number of non-ortho nitro benzene ring substituents is 1. The van der Waals surface area contributed by atoms with E-state index in [2.05, 4.69) is 0 Å². The van der Waals surface area contributed by atoms with Crippen molar-refractivity contribution < 1.29 is 24.2 Å². The second-order valence-electron chi connectivity index (χ2n) is 8.73. The van der Waals surface area contributed by atoms with Crippen LogP contribution in [0.1, 0.15) is 37.2 Å². The topological polar surface area (TPSA) is 138 Å². The van der Waals surface area contributed by atoms with E-state index < -0.39 is 21.2 Å². The van der Waals surface area contributed by atoms with Crippen LogP contribution in [0, 0.1) is 34.1 Å². The second-order valence-corrected chi connectivity index (χ2v) is 9.73. The van der Waals surface area contributed by atoms with Crippen molar-refractivity contribution in [2.24, 2.45) is 0 Å². The Balaban J connectivity index is 1.59. The molecule has 4 rings (SSSR count). The molecule has 0 saturated carbocycles. The number of ether oxygens (including phenoxy) is 1. The van der Waals surface area contributed by atoms with Gasteiger partial charge in [0.05, 0.1) is 20.8 Å². The average Bonchev–Trinajstić information content (AvgIpc) is 3.32. The molecule has 11 nitrogen and oxygen atoms in total. The van der Waals surface area contributed by atoms with E-state index in [9.17, 15) is 29.8 Å². The molecule has 1 fully saturated rings. The predicted octanol–water partition coefficient (Wildman–Crippen LogP) is 6.54. The van der Waals surface area contributed by atoms with E-state index in [1.807, 2.05) is 38.3 Å². The number of nitro groups is 2. The number of nitrogens with zero attached hydrogens (tertiary/aromatic N) is 4. The summed E-state index contributed by atoms with van der Waals surface area (Å²) < 4.78 is 7.63. The molecule has 2 heterocycles. The molecule has 38 heavy (non-hydrogen) atoms. The third-order valence-corrected chi connectivity index (χ3v) is 7.17. The summed E-state index contributed by atoms with van der Waals surface area (Å²) in [6, 6.07) is 11.8. The first-order valence-corrected chi connectivity index (χ1v) is 12.5. The fourth-order valence-corrected chi connectivity index (χ4v) is 5.07. The Morgan fingerprint density at radius 1 is 1.03 bits per heavy atom. The van der Waals surface area contributed by atoms with Crippen LogP contribution < -0.4 is 4.74 Å². The molecule has 12 heteroatoms. The zero-order valence-corrected chi connectivity index (χ0v) is 21.9. The Labute approximate surface area is 222 Å². The molecule has 2 aromatic carbocycles. The van der Waals surface area contributed by atoms with Crippen molar-refractivity contribution in [3.63, 3.8) is 0 Å². The molecule has 0 spiro atoms. The smallest absolute Gasteiger partial charge is 0.318 e. The van der Waals surface area contributed by atoms with E-state index >= 15 is 0 Å². The number of aryl methyl sites for hydroxylation is 1. The van der Waals surface area contributed by atoms with Crippen LogP contribution in [0.2, 0.25) is 0 Å². The number of imide groups is 1. The van der Waals surface area contributed by atoms with Gasteiger partial charge < -0.3 is 9.30 Å². The largest absolute Gasteiger partial charge is 0.450 e. The lowest BCUT2D eigenvalue weighted by molar-refractivity contribution is -0.394. The highest BCUT2D eigenvalue weighted by Gasteiger charge is 2.37. The van der Waals surface area contributed by atoms with E-state index in [1.54, 1.807) is 30.3 Å². The van der Waals surface area contributed by atoms with E-state index in [4.69, 9.17) is 4.74 Å². The maximum absolute atomic E-state index is 12.8. The van der Waals surface area contributed by atoms with Crippen LogP contribution in [-0.2, 0) is 4.79 Å². The molecule has 2 amide bonds. The van der Waals surface area contributed by atoms with Gasteiger partial charge in [0.1, 0.15) is 5.75 Å². The van der Waals surface area contributed by atoms with Gasteiger partial charge in [0.2, 0.25) is 5.75 Å². The number of carbonyl (C=O) groups is 2. The van der Waals surface area contributed by atoms with Gasteiger partial charge in [0, 0.05) is 29.2 Å². The molecule has 3 aromatic rings. The second kappa shape index (κ2) is 10.5. The number of hydrogen-bond donors (Lipinski definition) is 0. The van der Waals surface area contributed by atoms with Crippen LogP contribution in [0.25, 0.3) is 11.8 Å². The number of amides is 2. The Bertz CT molecular complexity index is 1490. The number of carbonyl (C=O) groups excluding carboxylic acids is 2. The lowest BCUT2D eigenvalue weighted by Crippen LogP contribution is -2.36. The van der Waals surface area contributed by atoms with Crippen molar-refractivity contribution in [3.05, 3.63) is 90.6 Å². The number of rotatable bonds is 8. The van der Waals surface area contributed by atoms with Crippen LogP contribution in [0.5, 0.6) is 11.5 Å². The van der Waals surface area contributed by atoms with Crippen LogP contribution in [0.3, 0.4) is 0 Å². The average molecular weight is 537 g/mol. The minimum atomic E-state index is -0.734. The van der Waals surface area contributed by atoms with E-state index in [0.29, 0.717) is 17.1 Å². The fraction of sp³-hybridized carbons (Fsp3) is 0.231. The molecule has 196 valence electrons. The number of aromatic nitrogens is 1. The number of thioether (sulfide) groups is 1. The van der Waals surface area contributed by atoms with Crippen LogP contribution in [0.4, 0.5) is 16.2 Å². The molecule has 1 atom stereocenters. The Kier molecular flexibility index (Phi) is 7.35. The highest BCUT2D eigenvalue weighted by molar-refractivity contribution is 8.18. The first-order valence-electron chi connectivity index (χ1n) is 11.7. The van der Waals surface area contributed by atoms with Crippen molar-refractivity contribution >= 4 is 40.4 Å². The molecule has 0 bridgehead atoms. The van der Waals surface area contributed by atoms with Gasteiger partial charge in [-0.3, -0.25) is 34.7 Å². The van der Waals surface area contributed by atoms with E-state index in [0.717, 1.165) is 46.5 Å². The maximum Gasteiger partial charge on any atom is 0.318 e. The van der Waals surface area contributed by atoms with Gasteiger partial charge in [0.15, 0.2) is 0 Å². The summed E-state index contributed by atoms with van der Waals surface area (Å²) >= 11 is 0.936. The standard InChI is InChI=1S/C26H24N4O7S/c1-5-15(2)28-25(31)24(38-26(28)32)13-18-12-16(3)27(17(18)4)19-6-9-21(10-7-19)37-23-11-8-20(29(33)34)14-22(23)30(35)36/h6-15H,5H2,1-4H3/b24-13+/t15-/m1/s1. The van der Waals surface area contributed by atoms with Crippen molar-refractivity contribution in [1.29, 1.82) is 0 Å². The summed E-state index contributed by atoms with van der Waals surface area (Å²) in [6.45, 7) is 7.59. The van der Waals surface area contributed by atoms with Crippen LogP contribution in [0.15, 0.2) is 53.4 Å². The highest BCUT2D eigenvalue weighted by Crippen LogP contribution is 2.37. The maximum atomic E-state index is 12.8. The number of nitro benzene ring substituents is 2. The fourth-order valence-electron chi connectivity index (χ4n) is 4.15. The summed E-state index contributed by atoms with van der Waals surface area (Å²) in [5.74, 6) is -0.0941. The zero-order valence-electron chi connectivity index (χ0n) is 21.0. The Hall–Kier alpha value is -4.45. The molecule has 0 aliphatic carbocycles. The monoisotopic (exact) mass is 536 g/mol. The normalized spacial score (nSPS) is 15.3. The summed E-state index contributed by atoms with van der Waals surface area (Å²) in [4.78, 5) is 47.8. The van der Waals surface area contributed by atoms with Gasteiger partial charge in [-0.1, -0.05) is 6.92 Å². The van der Waals surface area contributed by atoms with Gasteiger partial charge in [-0.15, -0.1) is 0 Å². The number of hydrogen-bond acceptors (Lipinski definition) is 8. The van der Waals surface area contributed by atoms with Crippen molar-refractivity contribution in [1.82, 2.24) is 9.47 Å². The van der Waals surface area contributed by atoms with Crippen molar-refractivity contribution in [2.75, 3.05) is 0 Å². The lowest BCUT2D eigenvalue weighted by Gasteiger charge is -2.19. The van der Waals surface area contributed by atoms with Crippen molar-refractivity contribution in [2.45, 2.75) is 40.2 Å². The molecule has 0 N–H and O–H groups in total. The third kappa shape index (κ3) is 5.02. The molecular formula is C26H24N4O7S. The molecule has 1 aromatic heterocycles. The summed E-state index contributed by atoms with van der Waals surface area (Å²) in [7, 11) is 0. The van der Waals surface area contributed by atoms with Gasteiger partial charge >= 0.3 is 5.69 Å². The van der Waals surface area contributed by atoms with Gasteiger partial charge in [-0.05, 0) is 87.0 Å². The molecule has 1 aliphatic rings. The quantitative estimate of drug-likeness (QED) is 0.180. The third-order valence-electron chi connectivity index (χ3n) is 6.28. The van der Waals surface area contributed by atoms with E-state index in [1.165, 1.54) is 11.0 Å². The van der Waals surface area contributed by atoms with Crippen LogP contribution in [-0.4, -0.2) is 36.5 Å². The molecular weight excluding hydrogens is 512 g/mol. The van der Waals surface area contributed by atoms with Gasteiger partial charge in [0.25, 0.3) is 16.8 Å². The van der Waals surface area contributed by atoms with Crippen molar-refractivity contribution in [3.8, 4) is 17.2 Å². The number of benzene rings is 2. The lowest BCUT2D eigenvalue weighted by atomic mass is 10.2. The molecule has 0 unspecified atom stereocenters. The minimum absolute atomic E-state index is 0.115. The molecule has 1 aliphatic heterocycles. The van der Waals surface area contributed by atoms with E-state index in [-0.39, 0.29) is 22.9 Å². The predicted molar refractivity (Wildman–Crippen MR) is 143 cm³/mol.